The lowest BCUT2D eigenvalue weighted by molar-refractivity contribution is 0.0702. The average Bonchev–Trinajstić information content (AvgIpc) is 2.93. The summed E-state index contributed by atoms with van der Waals surface area (Å²) >= 11 is 0. The zero-order valence-electron chi connectivity index (χ0n) is 14.0. The van der Waals surface area contributed by atoms with Gasteiger partial charge in [0.1, 0.15) is 11.2 Å². The van der Waals surface area contributed by atoms with Crippen LogP contribution in [0.2, 0.25) is 0 Å². The number of pyridine rings is 1. The quantitative estimate of drug-likeness (QED) is 0.856. The maximum Gasteiger partial charge on any atom is 0.270 e. The van der Waals surface area contributed by atoms with Crippen LogP contribution >= 0.6 is 0 Å². The Morgan fingerprint density at radius 1 is 1.35 bits per heavy atom. The molecule has 1 saturated heterocycles. The minimum absolute atomic E-state index is 0.157. The van der Waals surface area contributed by atoms with E-state index in [0.717, 1.165) is 25.8 Å². The van der Waals surface area contributed by atoms with E-state index in [1.54, 1.807) is 18.3 Å². The summed E-state index contributed by atoms with van der Waals surface area (Å²) < 4.78 is 1.43. The van der Waals surface area contributed by atoms with E-state index in [1.807, 2.05) is 11.0 Å². The second kappa shape index (κ2) is 5.80. The fraction of sp³-hybridized carbons (Fsp3) is 0.500. The Morgan fingerprint density at radius 3 is 2.87 bits per heavy atom. The van der Waals surface area contributed by atoms with Gasteiger partial charge in [0.25, 0.3) is 11.5 Å². The van der Waals surface area contributed by atoms with Crippen LogP contribution in [0.25, 0.3) is 5.65 Å². The fourth-order valence-corrected chi connectivity index (χ4v) is 3.35. The van der Waals surface area contributed by atoms with Gasteiger partial charge in [-0.3, -0.25) is 14.0 Å². The van der Waals surface area contributed by atoms with Gasteiger partial charge in [-0.05, 0) is 36.8 Å². The molecule has 1 fully saturated rings. The third-order valence-corrected chi connectivity index (χ3v) is 4.33. The van der Waals surface area contributed by atoms with Gasteiger partial charge >= 0.3 is 0 Å². The lowest BCUT2D eigenvalue weighted by atomic mass is 9.87. The number of aromatic nitrogens is 2. The van der Waals surface area contributed by atoms with Crippen molar-refractivity contribution in [1.82, 2.24) is 14.3 Å². The smallest absolute Gasteiger partial charge is 0.270 e. The number of fused-ring (bicyclic) bond motifs is 1. The number of likely N-dealkylation sites (tertiary alicyclic amines) is 1. The number of carbonyl (C=O) groups is 1. The van der Waals surface area contributed by atoms with Gasteiger partial charge in [0, 0.05) is 25.0 Å². The van der Waals surface area contributed by atoms with Crippen LogP contribution in [0.15, 0.2) is 35.4 Å². The maximum absolute atomic E-state index is 12.9. The average molecular weight is 313 g/mol. The molecule has 1 amide bonds. The first-order chi connectivity index (χ1) is 10.9. The molecule has 0 bridgehead atoms. The minimum Gasteiger partial charge on any atom is -0.335 e. The van der Waals surface area contributed by atoms with Crippen molar-refractivity contribution in [3.8, 4) is 0 Å². The number of amides is 1. The molecule has 122 valence electrons. The molecule has 0 N–H and O–H groups in total. The molecule has 3 rings (SSSR count). The van der Waals surface area contributed by atoms with Crippen LogP contribution in [-0.2, 0) is 0 Å². The Bertz CT molecular complexity index is 789. The Kier molecular flexibility index (Phi) is 3.96. The summed E-state index contributed by atoms with van der Waals surface area (Å²) in [5.41, 5.74) is 0.586. The van der Waals surface area contributed by atoms with Crippen molar-refractivity contribution in [3.63, 3.8) is 0 Å². The van der Waals surface area contributed by atoms with Crippen molar-refractivity contribution in [3.05, 3.63) is 46.5 Å². The number of nitrogens with zero attached hydrogens (tertiary/aromatic N) is 3. The van der Waals surface area contributed by atoms with E-state index >= 15 is 0 Å². The molecule has 5 nitrogen and oxygen atoms in total. The molecule has 0 spiro atoms. The number of hydrogen-bond donors (Lipinski definition) is 0. The predicted octanol–water partition coefficient (Wildman–Crippen LogP) is 2.74. The monoisotopic (exact) mass is 313 g/mol. The van der Waals surface area contributed by atoms with Crippen LogP contribution in [0.3, 0.4) is 0 Å². The molecular weight excluding hydrogens is 290 g/mol. The van der Waals surface area contributed by atoms with E-state index in [9.17, 15) is 9.59 Å². The Hall–Kier alpha value is -2.17. The maximum atomic E-state index is 12.9. The third kappa shape index (κ3) is 3.14. The Balaban J connectivity index is 1.94. The summed E-state index contributed by atoms with van der Waals surface area (Å²) in [6.07, 6.45) is 6.02. The third-order valence-electron chi connectivity index (χ3n) is 4.33. The molecular formula is C18H23N3O2. The van der Waals surface area contributed by atoms with E-state index in [2.05, 4.69) is 25.8 Å². The molecule has 1 aliphatic rings. The molecule has 0 radical (unpaired) electrons. The minimum atomic E-state index is -0.290. The summed E-state index contributed by atoms with van der Waals surface area (Å²) in [4.78, 5) is 31.6. The first-order valence-electron chi connectivity index (χ1n) is 8.14. The fourth-order valence-electron chi connectivity index (χ4n) is 3.35. The van der Waals surface area contributed by atoms with Gasteiger partial charge in [-0.15, -0.1) is 0 Å². The molecule has 23 heavy (non-hydrogen) atoms. The van der Waals surface area contributed by atoms with Gasteiger partial charge in [-0.1, -0.05) is 26.8 Å². The number of carbonyl (C=O) groups excluding carboxylic acids is 1. The molecule has 2 aromatic heterocycles. The van der Waals surface area contributed by atoms with E-state index in [0.29, 0.717) is 5.65 Å². The molecule has 0 unspecified atom stereocenters. The molecule has 5 heteroatoms. The van der Waals surface area contributed by atoms with Crippen LogP contribution in [0.5, 0.6) is 0 Å². The number of rotatable bonds is 2. The van der Waals surface area contributed by atoms with E-state index < -0.39 is 0 Å². The summed E-state index contributed by atoms with van der Waals surface area (Å²) in [7, 11) is 0. The summed E-state index contributed by atoms with van der Waals surface area (Å²) in [5, 5.41) is 0. The van der Waals surface area contributed by atoms with Gasteiger partial charge in [0.15, 0.2) is 0 Å². The molecule has 2 aromatic rings. The second-order valence-electron chi connectivity index (χ2n) is 7.47. The van der Waals surface area contributed by atoms with Gasteiger partial charge in [-0.25, -0.2) is 4.98 Å². The van der Waals surface area contributed by atoms with Crippen molar-refractivity contribution in [2.24, 2.45) is 5.41 Å². The van der Waals surface area contributed by atoms with Crippen LogP contribution in [0.1, 0.15) is 50.4 Å². The Morgan fingerprint density at radius 2 is 2.13 bits per heavy atom. The zero-order chi connectivity index (χ0) is 16.6. The van der Waals surface area contributed by atoms with Crippen molar-refractivity contribution < 1.29 is 4.79 Å². The molecule has 3 heterocycles. The van der Waals surface area contributed by atoms with Crippen molar-refractivity contribution >= 4 is 11.6 Å². The summed E-state index contributed by atoms with van der Waals surface area (Å²) in [6, 6.07) is 5.55. The normalized spacial score (nSPS) is 18.6. The first-order valence-corrected chi connectivity index (χ1v) is 8.14. The summed E-state index contributed by atoms with van der Waals surface area (Å²) in [6.45, 7) is 7.26. The highest BCUT2D eigenvalue weighted by Gasteiger charge is 2.33. The first kappa shape index (κ1) is 15.7. The highest BCUT2D eigenvalue weighted by atomic mass is 16.2. The predicted molar refractivity (Wildman–Crippen MR) is 89.6 cm³/mol. The van der Waals surface area contributed by atoms with Crippen LogP contribution in [0, 0.1) is 5.41 Å². The second-order valence-corrected chi connectivity index (χ2v) is 7.47. The largest absolute Gasteiger partial charge is 0.335 e. The van der Waals surface area contributed by atoms with Crippen LogP contribution in [0.4, 0.5) is 0 Å². The van der Waals surface area contributed by atoms with Crippen molar-refractivity contribution in [2.75, 3.05) is 6.54 Å². The van der Waals surface area contributed by atoms with Gasteiger partial charge in [0.2, 0.25) is 0 Å². The van der Waals surface area contributed by atoms with Gasteiger partial charge < -0.3 is 4.90 Å². The molecule has 1 aliphatic heterocycles. The standard InChI is InChI=1S/C18H23N3O2/c1-18(2,3)11-13-7-6-10-20(13)16(22)14-12-19-15-8-4-5-9-21(15)17(14)23/h4-5,8-9,12-13H,6-7,10-11H2,1-3H3/t13-/m0/s1. The van der Waals surface area contributed by atoms with E-state index in [1.165, 1.54) is 10.6 Å². The molecule has 1 atom stereocenters. The lowest BCUT2D eigenvalue weighted by Crippen LogP contribution is -2.40. The highest BCUT2D eigenvalue weighted by molar-refractivity contribution is 5.94. The SMILES string of the molecule is CC(C)(C)C[C@@H]1CCCN1C(=O)c1cnc2ccccn2c1=O. The molecule has 0 aromatic carbocycles. The number of hydrogen-bond acceptors (Lipinski definition) is 3. The molecule has 0 saturated carbocycles. The van der Waals surface area contributed by atoms with E-state index in [-0.39, 0.29) is 28.5 Å². The van der Waals surface area contributed by atoms with Gasteiger partial charge in [-0.2, -0.15) is 0 Å². The molecule has 0 aliphatic carbocycles. The Labute approximate surface area is 136 Å². The topological polar surface area (TPSA) is 54.7 Å². The van der Waals surface area contributed by atoms with Crippen LogP contribution < -0.4 is 5.56 Å². The van der Waals surface area contributed by atoms with Crippen LogP contribution in [-0.4, -0.2) is 32.8 Å². The lowest BCUT2D eigenvalue weighted by Gasteiger charge is -2.30. The van der Waals surface area contributed by atoms with Crippen molar-refractivity contribution in [1.29, 1.82) is 0 Å². The van der Waals surface area contributed by atoms with Crippen molar-refractivity contribution in [2.45, 2.75) is 46.1 Å². The summed E-state index contributed by atoms with van der Waals surface area (Å²) in [5.74, 6) is -0.187. The zero-order valence-corrected chi connectivity index (χ0v) is 14.0. The van der Waals surface area contributed by atoms with Gasteiger partial charge in [0.05, 0.1) is 0 Å². The van der Waals surface area contributed by atoms with E-state index in [4.69, 9.17) is 0 Å². The highest BCUT2D eigenvalue weighted by Crippen LogP contribution is 2.30.